The van der Waals surface area contributed by atoms with Crippen molar-refractivity contribution in [2.75, 3.05) is 0 Å². The molecule has 1 heteroatoms. The Hall–Kier alpha value is -0.510. The van der Waals surface area contributed by atoms with E-state index in [0.717, 1.165) is 17.8 Å². The standard InChI is InChI=1S/C23H41N/c1-3-5-6-8-20-13-15-22(16-14-20)23(18-24)17-21-11-9-19(7-4-2)10-12-21/h19-23H,3-17H2,1-2H3. The van der Waals surface area contributed by atoms with Crippen molar-refractivity contribution in [1.29, 1.82) is 5.26 Å². The molecule has 2 saturated carbocycles. The Labute approximate surface area is 151 Å². The van der Waals surface area contributed by atoms with Gasteiger partial charge in [0.05, 0.1) is 6.07 Å². The maximum Gasteiger partial charge on any atom is 0.0658 e. The molecular weight excluding hydrogens is 290 g/mol. The van der Waals surface area contributed by atoms with Gasteiger partial charge in [-0.25, -0.2) is 0 Å². The van der Waals surface area contributed by atoms with Crippen molar-refractivity contribution >= 4 is 0 Å². The van der Waals surface area contributed by atoms with E-state index in [4.69, 9.17) is 0 Å². The summed E-state index contributed by atoms with van der Waals surface area (Å²) < 4.78 is 0. The van der Waals surface area contributed by atoms with Crippen molar-refractivity contribution in [2.24, 2.45) is 29.6 Å². The zero-order valence-electron chi connectivity index (χ0n) is 16.4. The fourth-order valence-corrected chi connectivity index (χ4v) is 5.44. The molecule has 0 aliphatic heterocycles. The lowest BCUT2D eigenvalue weighted by Crippen LogP contribution is -2.24. The Bertz CT molecular complexity index is 353. The molecule has 0 spiro atoms. The van der Waals surface area contributed by atoms with E-state index < -0.39 is 0 Å². The number of unbranched alkanes of at least 4 members (excludes halogenated alkanes) is 2. The van der Waals surface area contributed by atoms with Crippen molar-refractivity contribution in [3.63, 3.8) is 0 Å². The average Bonchev–Trinajstić information content (AvgIpc) is 2.62. The SMILES string of the molecule is CCCCCC1CCC(C(C#N)CC2CCC(CCC)CC2)CC1. The molecule has 0 saturated heterocycles. The lowest BCUT2D eigenvalue weighted by Gasteiger charge is -2.34. The van der Waals surface area contributed by atoms with Gasteiger partial charge in [0.2, 0.25) is 0 Å². The molecule has 0 aromatic heterocycles. The largest absolute Gasteiger partial charge is 0.198 e. The third-order valence-corrected chi connectivity index (χ3v) is 7.09. The summed E-state index contributed by atoms with van der Waals surface area (Å²) in [6, 6.07) is 2.72. The van der Waals surface area contributed by atoms with Gasteiger partial charge in [-0.15, -0.1) is 0 Å². The smallest absolute Gasteiger partial charge is 0.0658 e. The Kier molecular flexibility index (Phi) is 9.22. The molecule has 0 heterocycles. The van der Waals surface area contributed by atoms with Gasteiger partial charge in [-0.05, 0) is 42.9 Å². The monoisotopic (exact) mass is 331 g/mol. The normalized spacial score (nSPS) is 32.2. The van der Waals surface area contributed by atoms with E-state index in [0.29, 0.717) is 11.8 Å². The van der Waals surface area contributed by atoms with E-state index in [1.165, 1.54) is 96.3 Å². The molecule has 0 N–H and O–H groups in total. The van der Waals surface area contributed by atoms with Crippen LogP contribution in [0, 0.1) is 40.9 Å². The molecule has 1 atom stereocenters. The highest BCUT2D eigenvalue weighted by Crippen LogP contribution is 2.41. The van der Waals surface area contributed by atoms with Crippen LogP contribution in [0.3, 0.4) is 0 Å². The van der Waals surface area contributed by atoms with Crippen molar-refractivity contribution in [2.45, 2.75) is 110 Å². The summed E-state index contributed by atoms with van der Waals surface area (Å²) in [5.41, 5.74) is 0. The zero-order valence-corrected chi connectivity index (χ0v) is 16.4. The number of nitrogens with zero attached hydrogens (tertiary/aromatic N) is 1. The zero-order chi connectivity index (χ0) is 17.2. The van der Waals surface area contributed by atoms with Gasteiger partial charge in [-0.2, -0.15) is 5.26 Å². The van der Waals surface area contributed by atoms with Crippen LogP contribution in [0.5, 0.6) is 0 Å². The molecule has 2 aliphatic rings. The summed E-state index contributed by atoms with van der Waals surface area (Å²) in [6.45, 7) is 4.61. The van der Waals surface area contributed by atoms with Crippen molar-refractivity contribution in [3.05, 3.63) is 0 Å². The van der Waals surface area contributed by atoms with E-state index in [-0.39, 0.29) is 0 Å². The van der Waals surface area contributed by atoms with Gasteiger partial charge in [0.15, 0.2) is 0 Å². The molecule has 2 rings (SSSR count). The number of hydrogen-bond acceptors (Lipinski definition) is 1. The lowest BCUT2D eigenvalue weighted by molar-refractivity contribution is 0.177. The Morgan fingerprint density at radius 1 is 0.750 bits per heavy atom. The molecule has 0 aromatic carbocycles. The second kappa shape index (κ2) is 11.2. The second-order valence-corrected chi connectivity index (χ2v) is 8.92. The highest BCUT2D eigenvalue weighted by Gasteiger charge is 2.30. The highest BCUT2D eigenvalue weighted by molar-refractivity contribution is 4.92. The first kappa shape index (κ1) is 19.8. The van der Waals surface area contributed by atoms with Gasteiger partial charge in [0.1, 0.15) is 0 Å². The fraction of sp³-hybridized carbons (Fsp3) is 0.957. The van der Waals surface area contributed by atoms with Crippen LogP contribution in [0.25, 0.3) is 0 Å². The minimum absolute atomic E-state index is 0.356. The van der Waals surface area contributed by atoms with E-state index >= 15 is 0 Å². The van der Waals surface area contributed by atoms with Gasteiger partial charge >= 0.3 is 0 Å². The third-order valence-electron chi connectivity index (χ3n) is 7.09. The fourth-order valence-electron chi connectivity index (χ4n) is 5.44. The quantitative estimate of drug-likeness (QED) is 0.401. The summed E-state index contributed by atoms with van der Waals surface area (Å²) in [5.74, 6) is 3.88. The van der Waals surface area contributed by atoms with Crippen molar-refractivity contribution in [1.82, 2.24) is 0 Å². The molecule has 2 fully saturated rings. The second-order valence-electron chi connectivity index (χ2n) is 8.92. The summed E-state index contributed by atoms with van der Waals surface area (Å²) in [5, 5.41) is 9.73. The molecule has 2 aliphatic carbocycles. The number of nitriles is 1. The van der Waals surface area contributed by atoms with E-state index in [9.17, 15) is 5.26 Å². The summed E-state index contributed by atoms with van der Waals surface area (Å²) in [7, 11) is 0. The Morgan fingerprint density at radius 2 is 1.33 bits per heavy atom. The molecule has 0 radical (unpaired) electrons. The predicted octanol–water partition coefficient (Wildman–Crippen LogP) is 7.51. The van der Waals surface area contributed by atoms with Crippen molar-refractivity contribution < 1.29 is 0 Å². The summed E-state index contributed by atoms with van der Waals surface area (Å²) in [4.78, 5) is 0. The van der Waals surface area contributed by atoms with Gasteiger partial charge in [0, 0.05) is 5.92 Å². The van der Waals surface area contributed by atoms with Gasteiger partial charge in [0.25, 0.3) is 0 Å². The molecule has 0 amide bonds. The first-order valence-electron chi connectivity index (χ1n) is 11.2. The van der Waals surface area contributed by atoms with Crippen LogP contribution in [0.15, 0.2) is 0 Å². The van der Waals surface area contributed by atoms with E-state index in [1.54, 1.807) is 0 Å². The first-order valence-corrected chi connectivity index (χ1v) is 11.2. The van der Waals surface area contributed by atoms with E-state index in [1.807, 2.05) is 0 Å². The van der Waals surface area contributed by atoms with Gasteiger partial charge in [-0.1, -0.05) is 90.9 Å². The maximum absolute atomic E-state index is 9.73. The molecule has 138 valence electrons. The van der Waals surface area contributed by atoms with Crippen LogP contribution < -0.4 is 0 Å². The van der Waals surface area contributed by atoms with Crippen LogP contribution in [0.1, 0.15) is 110 Å². The average molecular weight is 332 g/mol. The van der Waals surface area contributed by atoms with Crippen LogP contribution in [-0.4, -0.2) is 0 Å². The van der Waals surface area contributed by atoms with Crippen LogP contribution in [-0.2, 0) is 0 Å². The van der Waals surface area contributed by atoms with Gasteiger partial charge < -0.3 is 0 Å². The molecule has 24 heavy (non-hydrogen) atoms. The van der Waals surface area contributed by atoms with Crippen LogP contribution >= 0.6 is 0 Å². The third kappa shape index (κ3) is 6.42. The predicted molar refractivity (Wildman–Crippen MR) is 104 cm³/mol. The Morgan fingerprint density at radius 3 is 1.92 bits per heavy atom. The lowest BCUT2D eigenvalue weighted by atomic mass is 9.70. The summed E-state index contributed by atoms with van der Waals surface area (Å²) >= 11 is 0. The molecule has 1 unspecified atom stereocenters. The molecule has 1 nitrogen and oxygen atoms in total. The molecule has 0 aromatic rings. The van der Waals surface area contributed by atoms with Crippen LogP contribution in [0.4, 0.5) is 0 Å². The van der Waals surface area contributed by atoms with Gasteiger partial charge in [-0.3, -0.25) is 0 Å². The first-order chi connectivity index (χ1) is 11.8. The summed E-state index contributed by atoms with van der Waals surface area (Å²) in [6.07, 6.45) is 20.7. The maximum atomic E-state index is 9.73. The number of hydrogen-bond donors (Lipinski definition) is 0. The molecular formula is C23H41N. The minimum Gasteiger partial charge on any atom is -0.198 e. The Balaban J connectivity index is 1.68. The number of rotatable bonds is 9. The minimum atomic E-state index is 0.356. The molecule has 0 bridgehead atoms. The van der Waals surface area contributed by atoms with Crippen LogP contribution in [0.2, 0.25) is 0 Å². The van der Waals surface area contributed by atoms with E-state index in [2.05, 4.69) is 19.9 Å². The highest BCUT2D eigenvalue weighted by atomic mass is 14.4. The van der Waals surface area contributed by atoms with Crippen molar-refractivity contribution in [3.8, 4) is 6.07 Å². The topological polar surface area (TPSA) is 23.8 Å².